The fourth-order valence-electron chi connectivity index (χ4n) is 0.820. The Morgan fingerprint density at radius 1 is 1.33 bits per heavy atom. The van der Waals surface area contributed by atoms with Crippen LogP contribution in [0.1, 0.15) is 11.1 Å². The second-order valence-electron chi connectivity index (χ2n) is 2.43. The quantitative estimate of drug-likeness (QED) is 0.417. The van der Waals surface area contributed by atoms with Gasteiger partial charge in [-0.2, -0.15) is 0 Å². The summed E-state index contributed by atoms with van der Waals surface area (Å²) in [6.45, 7) is 1.97. The van der Waals surface area contributed by atoms with Gasteiger partial charge in [-0.25, -0.2) is 0 Å². The van der Waals surface area contributed by atoms with Crippen LogP contribution in [0.4, 0.5) is 0 Å². The van der Waals surface area contributed by atoms with Gasteiger partial charge in [0.1, 0.15) is 0 Å². The van der Waals surface area contributed by atoms with Crippen molar-refractivity contribution < 1.29 is 38.3 Å². The van der Waals surface area contributed by atoms with Gasteiger partial charge in [0.05, 0.1) is 0 Å². The first-order valence-corrected chi connectivity index (χ1v) is 4.54. The van der Waals surface area contributed by atoms with Crippen LogP contribution in [0, 0.1) is 6.92 Å². The molecule has 0 fully saturated rings. The number of benzene rings is 1. The molecule has 0 spiro atoms. The van der Waals surface area contributed by atoms with Crippen molar-refractivity contribution >= 4 is 11.1 Å². The molecule has 1 rings (SSSR count). The monoisotopic (exact) mass is 192 g/mol. The summed E-state index contributed by atoms with van der Waals surface area (Å²) in [5.41, 5.74) is 1.98. The van der Waals surface area contributed by atoms with Crippen LogP contribution in [0.2, 0.25) is 0 Å². The van der Waals surface area contributed by atoms with Gasteiger partial charge in [0.15, 0.2) is 0 Å². The molecule has 0 saturated heterocycles. The zero-order valence-electron chi connectivity index (χ0n) is 7.24. The van der Waals surface area contributed by atoms with Crippen LogP contribution in [0.25, 0.3) is 0 Å². The summed E-state index contributed by atoms with van der Waals surface area (Å²) in [7, 11) is 0. The molecule has 0 aromatic heterocycles. The number of hydrogen-bond acceptors (Lipinski definition) is 2. The first-order valence-electron chi connectivity index (χ1n) is 3.30. The second-order valence-corrected chi connectivity index (χ2v) is 3.33. The topological polar surface area (TPSA) is 40.1 Å². The first kappa shape index (κ1) is 12.3. The smallest absolute Gasteiger partial charge is 0.772 e. The van der Waals surface area contributed by atoms with Crippen molar-refractivity contribution in [3.63, 3.8) is 0 Å². The van der Waals surface area contributed by atoms with E-state index in [4.69, 9.17) is 0 Å². The Morgan fingerprint density at radius 2 is 1.83 bits per heavy atom. The third-order valence-electron chi connectivity index (χ3n) is 1.41. The predicted molar refractivity (Wildman–Crippen MR) is 43.8 cm³/mol. The molecule has 1 unspecified atom stereocenters. The third kappa shape index (κ3) is 4.38. The minimum absolute atomic E-state index is 0. The van der Waals surface area contributed by atoms with E-state index in [1.807, 2.05) is 31.2 Å². The third-order valence-corrected chi connectivity index (χ3v) is 1.97. The molecule has 12 heavy (non-hydrogen) atoms. The van der Waals surface area contributed by atoms with Crippen molar-refractivity contribution in [3.05, 3.63) is 35.4 Å². The van der Waals surface area contributed by atoms with Crippen LogP contribution < -0.4 is 29.6 Å². The van der Waals surface area contributed by atoms with Gasteiger partial charge in [-0.05, 0) is 12.5 Å². The molecular weight excluding hydrogens is 183 g/mol. The van der Waals surface area contributed by atoms with E-state index in [1.165, 1.54) is 0 Å². The Morgan fingerprint density at radius 3 is 2.25 bits per heavy atom. The summed E-state index contributed by atoms with van der Waals surface area (Å²) >= 11 is -1.97. The van der Waals surface area contributed by atoms with Crippen molar-refractivity contribution in [1.82, 2.24) is 0 Å². The SMILES string of the molecule is Cc1ccc(CS(=O)[O-])cc1.[Na+]. The molecule has 60 valence electrons. The van der Waals surface area contributed by atoms with E-state index in [1.54, 1.807) is 0 Å². The summed E-state index contributed by atoms with van der Waals surface area (Å²) in [6, 6.07) is 7.46. The van der Waals surface area contributed by atoms with Crippen molar-refractivity contribution in [2.45, 2.75) is 12.7 Å². The van der Waals surface area contributed by atoms with Gasteiger partial charge in [-0.3, -0.25) is 4.21 Å². The molecule has 0 radical (unpaired) electrons. The van der Waals surface area contributed by atoms with E-state index >= 15 is 0 Å². The Hall–Kier alpha value is 0.330. The van der Waals surface area contributed by atoms with E-state index in [9.17, 15) is 8.76 Å². The Balaban J connectivity index is 0.00000121. The van der Waals surface area contributed by atoms with Crippen LogP contribution in [0.5, 0.6) is 0 Å². The molecule has 1 aromatic rings. The van der Waals surface area contributed by atoms with Gasteiger partial charge in [0.2, 0.25) is 0 Å². The number of rotatable bonds is 2. The van der Waals surface area contributed by atoms with E-state index < -0.39 is 11.1 Å². The first-order chi connectivity index (χ1) is 5.18. The molecule has 4 heteroatoms. The Labute approximate surface area is 97.0 Å². The van der Waals surface area contributed by atoms with Crippen molar-refractivity contribution in [2.24, 2.45) is 0 Å². The van der Waals surface area contributed by atoms with E-state index in [-0.39, 0.29) is 35.3 Å². The fourth-order valence-corrected chi connectivity index (χ4v) is 1.29. The molecule has 1 aromatic carbocycles. The zero-order valence-corrected chi connectivity index (χ0v) is 10.1. The maximum atomic E-state index is 10.3. The molecule has 2 nitrogen and oxygen atoms in total. The zero-order chi connectivity index (χ0) is 8.27. The summed E-state index contributed by atoms with van der Waals surface area (Å²) in [5.74, 6) is 0.111. The van der Waals surface area contributed by atoms with Crippen molar-refractivity contribution in [3.8, 4) is 0 Å². The standard InChI is InChI=1S/C8H10O2S.Na/c1-7-2-4-8(5-3-7)6-11(9)10;/h2-5H,6H2,1H3,(H,9,10);/q;+1/p-1. The maximum absolute atomic E-state index is 10.3. The molecular formula is C8H9NaO2S. The summed E-state index contributed by atoms with van der Waals surface area (Å²) < 4.78 is 20.5. The van der Waals surface area contributed by atoms with Gasteiger partial charge in [-0.1, -0.05) is 40.9 Å². The molecule has 0 aliphatic carbocycles. The average Bonchev–Trinajstić information content (AvgIpc) is 1.93. The Kier molecular flexibility index (Phi) is 6.05. The average molecular weight is 192 g/mol. The summed E-state index contributed by atoms with van der Waals surface area (Å²) in [4.78, 5) is 0. The van der Waals surface area contributed by atoms with Crippen molar-refractivity contribution in [2.75, 3.05) is 0 Å². The van der Waals surface area contributed by atoms with E-state index in [0.29, 0.717) is 0 Å². The van der Waals surface area contributed by atoms with Gasteiger partial charge in [-0.15, -0.1) is 0 Å². The van der Waals surface area contributed by atoms with Gasteiger partial charge in [0.25, 0.3) is 0 Å². The molecule has 0 saturated carbocycles. The van der Waals surface area contributed by atoms with Gasteiger partial charge in [0, 0.05) is 5.75 Å². The van der Waals surface area contributed by atoms with Gasteiger partial charge >= 0.3 is 29.6 Å². The van der Waals surface area contributed by atoms with Gasteiger partial charge < -0.3 is 4.55 Å². The molecule has 0 bridgehead atoms. The largest absolute Gasteiger partial charge is 1.00 e. The second kappa shape index (κ2) is 5.89. The van der Waals surface area contributed by atoms with Crippen LogP contribution >= 0.6 is 0 Å². The summed E-state index contributed by atoms with van der Waals surface area (Å²) in [5, 5.41) is 0. The minimum atomic E-state index is -1.97. The van der Waals surface area contributed by atoms with E-state index in [2.05, 4.69) is 0 Å². The molecule has 0 heterocycles. The number of aryl methyl sites for hydroxylation is 1. The van der Waals surface area contributed by atoms with Crippen LogP contribution in [-0.2, 0) is 16.8 Å². The predicted octanol–water partition coefficient (Wildman–Crippen LogP) is -1.62. The Bertz CT molecular complexity index is 258. The number of hydrogen-bond donors (Lipinski definition) is 0. The van der Waals surface area contributed by atoms with E-state index in [0.717, 1.165) is 11.1 Å². The molecule has 0 amide bonds. The fraction of sp³-hybridized carbons (Fsp3) is 0.250. The van der Waals surface area contributed by atoms with Crippen LogP contribution in [0.15, 0.2) is 24.3 Å². The maximum Gasteiger partial charge on any atom is 1.00 e. The molecule has 1 atom stereocenters. The summed E-state index contributed by atoms with van der Waals surface area (Å²) in [6.07, 6.45) is 0. The minimum Gasteiger partial charge on any atom is -0.772 e. The van der Waals surface area contributed by atoms with Crippen molar-refractivity contribution in [1.29, 1.82) is 0 Å². The molecule has 0 N–H and O–H groups in total. The normalized spacial score (nSPS) is 11.8. The van der Waals surface area contributed by atoms with Crippen LogP contribution in [0.3, 0.4) is 0 Å². The van der Waals surface area contributed by atoms with Crippen LogP contribution in [-0.4, -0.2) is 8.76 Å². The molecule has 0 aliphatic heterocycles. The molecule has 0 aliphatic rings.